The third-order valence-corrected chi connectivity index (χ3v) is 14.5. The van der Waals surface area contributed by atoms with Gasteiger partial charge in [-0.05, 0) is 93.3 Å². The van der Waals surface area contributed by atoms with Gasteiger partial charge in [-0.15, -0.1) is 0 Å². The Kier molecular flexibility index (Phi) is 6.25. The molecule has 0 aromatic rings. The zero-order chi connectivity index (χ0) is 30.0. The van der Waals surface area contributed by atoms with E-state index in [0.717, 1.165) is 38.5 Å². The second kappa shape index (κ2) is 8.71. The van der Waals surface area contributed by atoms with Crippen molar-refractivity contribution < 1.29 is 29.3 Å². The summed E-state index contributed by atoms with van der Waals surface area (Å²) in [5, 5.41) is 22.4. The molecule has 228 valence electrons. The number of carboxylic acid groups (broad SMARTS) is 1. The summed E-state index contributed by atoms with van der Waals surface area (Å²) in [7, 11) is 0. The Morgan fingerprint density at radius 2 is 1.71 bits per heavy atom. The molecule has 0 aromatic heterocycles. The molecule has 7 rings (SSSR count). The van der Waals surface area contributed by atoms with Crippen LogP contribution in [0.1, 0.15) is 113 Å². The number of carbonyl (C=O) groups is 2. The lowest BCUT2D eigenvalue weighted by Gasteiger charge is -2.74. The van der Waals surface area contributed by atoms with Crippen LogP contribution in [0, 0.1) is 50.2 Å². The number of hydrogen-bond donors (Lipinski definition) is 2. The van der Waals surface area contributed by atoms with E-state index in [9.17, 15) is 19.8 Å². The lowest BCUT2D eigenvalue weighted by molar-refractivity contribution is -0.395. The number of esters is 1. The highest BCUT2D eigenvalue weighted by atomic mass is 16.6. The molecule has 9 atom stereocenters. The zero-order valence-electron chi connectivity index (χ0n) is 26.6. The van der Waals surface area contributed by atoms with Crippen molar-refractivity contribution >= 4 is 11.9 Å². The summed E-state index contributed by atoms with van der Waals surface area (Å²) in [6.45, 7) is 17.9. The van der Waals surface area contributed by atoms with E-state index in [1.807, 2.05) is 6.92 Å². The minimum atomic E-state index is -1.11. The number of rotatable bonds is 3. The maximum Gasteiger partial charge on any atom is 0.333 e. The van der Waals surface area contributed by atoms with Crippen molar-refractivity contribution in [3.63, 3.8) is 0 Å². The van der Waals surface area contributed by atoms with Crippen LogP contribution in [0.4, 0.5) is 0 Å². The Labute approximate surface area is 246 Å². The molecule has 2 aliphatic heterocycles. The molecule has 2 heterocycles. The van der Waals surface area contributed by atoms with Crippen molar-refractivity contribution in [1.29, 1.82) is 0 Å². The van der Waals surface area contributed by atoms with E-state index in [1.54, 1.807) is 13.0 Å². The van der Waals surface area contributed by atoms with Crippen LogP contribution in [0.15, 0.2) is 23.3 Å². The van der Waals surface area contributed by atoms with Gasteiger partial charge < -0.3 is 19.7 Å². The second-order valence-electron chi connectivity index (χ2n) is 16.7. The molecule has 6 heteroatoms. The summed E-state index contributed by atoms with van der Waals surface area (Å²) in [5.74, 6) is -1.60. The molecule has 0 aromatic carbocycles. The summed E-state index contributed by atoms with van der Waals surface area (Å²) in [4.78, 5) is 26.4. The second-order valence-corrected chi connectivity index (χ2v) is 16.7. The summed E-state index contributed by atoms with van der Waals surface area (Å²) in [6.07, 6.45) is 10.9. The Morgan fingerprint density at radius 3 is 2.32 bits per heavy atom. The molecule has 2 saturated heterocycles. The normalized spacial score (nSPS) is 49.5. The van der Waals surface area contributed by atoms with Crippen LogP contribution in [-0.2, 0) is 19.1 Å². The molecule has 41 heavy (non-hydrogen) atoms. The quantitative estimate of drug-likeness (QED) is 0.215. The number of allylic oxidation sites excluding steroid dienone is 3. The first kappa shape index (κ1) is 29.4. The van der Waals surface area contributed by atoms with Crippen LogP contribution >= 0.6 is 0 Å². The average molecular weight is 569 g/mol. The van der Waals surface area contributed by atoms with Gasteiger partial charge >= 0.3 is 11.9 Å². The summed E-state index contributed by atoms with van der Waals surface area (Å²) in [5.41, 5.74) is 0.153. The predicted octanol–water partition coefficient (Wildman–Crippen LogP) is 7.06. The van der Waals surface area contributed by atoms with Gasteiger partial charge in [0.15, 0.2) is 5.79 Å². The van der Waals surface area contributed by atoms with E-state index in [4.69, 9.17) is 9.47 Å². The molecule has 6 fully saturated rings. The molecule has 7 aliphatic rings. The summed E-state index contributed by atoms with van der Waals surface area (Å²) in [6, 6.07) is 0. The van der Waals surface area contributed by atoms with E-state index in [1.165, 1.54) is 5.57 Å². The Hall–Kier alpha value is -1.66. The van der Waals surface area contributed by atoms with Crippen LogP contribution in [-0.4, -0.2) is 40.6 Å². The minimum Gasteiger partial charge on any atom is -0.481 e. The highest BCUT2D eigenvalue weighted by molar-refractivity contribution is 5.88. The van der Waals surface area contributed by atoms with Crippen molar-refractivity contribution in [2.24, 2.45) is 50.2 Å². The van der Waals surface area contributed by atoms with Crippen LogP contribution in [0.2, 0.25) is 0 Å². The Bertz CT molecular complexity index is 1220. The maximum atomic E-state index is 13.4. The third kappa shape index (κ3) is 3.50. The number of ether oxygens (including phenoxy) is 2. The van der Waals surface area contributed by atoms with Crippen molar-refractivity contribution in [3.05, 3.63) is 23.3 Å². The summed E-state index contributed by atoms with van der Waals surface area (Å²) < 4.78 is 12.5. The van der Waals surface area contributed by atoms with Crippen LogP contribution in [0.25, 0.3) is 0 Å². The first-order chi connectivity index (χ1) is 18.9. The standard InChI is InChI=1S/C35H52O6/c1-9-21(2)27(36)41-26-19-29(3,4)18-23-22-10-11-25-32(8,31(22,7)14-16-34(23,26)28(37)38)13-12-24-30(5,6)35(39)17-15-33(24,25)20-40-35/h9-10,23-26,39H,11-20H2,1-8H3,(H,37,38)/b21-9+/t23?,24?,25?,26-,31?,32-,33?,34+,35+/m1/s1. The fraction of sp³-hybridized carbons (Fsp3) is 0.829. The SMILES string of the molecule is C/C=C(\C)C(=O)O[C@@H]1CC(C)(C)CC2C3=CCC4C56CC[C@](O)(OC5)C(C)(C)C6CC[C@@]4(C)C3(C)CC[C@]21C(=O)O. The molecule has 2 bridgehead atoms. The molecule has 1 spiro atoms. The molecule has 5 unspecified atom stereocenters. The van der Waals surface area contributed by atoms with Gasteiger partial charge in [-0.25, -0.2) is 4.79 Å². The highest BCUT2D eigenvalue weighted by Gasteiger charge is 2.75. The van der Waals surface area contributed by atoms with Gasteiger partial charge in [-0.1, -0.05) is 59.3 Å². The fourth-order valence-corrected chi connectivity index (χ4v) is 11.7. The van der Waals surface area contributed by atoms with Gasteiger partial charge in [0.05, 0.1) is 6.61 Å². The molecule has 2 N–H and O–H groups in total. The lowest BCUT2D eigenvalue weighted by Crippen LogP contribution is -2.73. The van der Waals surface area contributed by atoms with E-state index in [0.29, 0.717) is 43.3 Å². The molecule has 0 radical (unpaired) electrons. The van der Waals surface area contributed by atoms with Gasteiger partial charge in [-0.3, -0.25) is 4.79 Å². The van der Waals surface area contributed by atoms with Gasteiger partial charge in [0.25, 0.3) is 0 Å². The monoisotopic (exact) mass is 568 g/mol. The van der Waals surface area contributed by atoms with E-state index < -0.39 is 29.2 Å². The number of aliphatic carboxylic acids is 1. The predicted molar refractivity (Wildman–Crippen MR) is 157 cm³/mol. The number of carbonyl (C=O) groups excluding carboxylic acids is 1. The van der Waals surface area contributed by atoms with Gasteiger partial charge in [-0.2, -0.15) is 0 Å². The van der Waals surface area contributed by atoms with Crippen molar-refractivity contribution in [1.82, 2.24) is 0 Å². The van der Waals surface area contributed by atoms with E-state index >= 15 is 0 Å². The van der Waals surface area contributed by atoms with E-state index in [-0.39, 0.29) is 33.0 Å². The number of carboxylic acids is 1. The fourth-order valence-electron chi connectivity index (χ4n) is 11.7. The maximum absolute atomic E-state index is 13.4. The first-order valence-electron chi connectivity index (χ1n) is 16.1. The van der Waals surface area contributed by atoms with Crippen molar-refractivity contribution in [2.45, 2.75) is 125 Å². The minimum absolute atomic E-state index is 0.000216. The Morgan fingerprint density at radius 1 is 1.00 bits per heavy atom. The molecule has 0 amide bonds. The molecule has 5 aliphatic carbocycles. The third-order valence-electron chi connectivity index (χ3n) is 14.5. The number of hydrogen-bond acceptors (Lipinski definition) is 5. The largest absolute Gasteiger partial charge is 0.481 e. The Balaban J connectivity index is 1.44. The average Bonchev–Trinajstić information content (AvgIpc) is 2.88. The molecular formula is C35H52O6. The molecular weight excluding hydrogens is 516 g/mol. The van der Waals surface area contributed by atoms with Crippen LogP contribution in [0.5, 0.6) is 0 Å². The van der Waals surface area contributed by atoms with Gasteiger partial charge in [0.2, 0.25) is 0 Å². The van der Waals surface area contributed by atoms with Crippen LogP contribution < -0.4 is 0 Å². The van der Waals surface area contributed by atoms with Crippen LogP contribution in [0.3, 0.4) is 0 Å². The zero-order valence-corrected chi connectivity index (χ0v) is 26.6. The highest BCUT2D eigenvalue weighted by Crippen LogP contribution is 2.78. The number of aliphatic hydroxyl groups is 1. The van der Waals surface area contributed by atoms with E-state index in [2.05, 4.69) is 47.6 Å². The smallest absolute Gasteiger partial charge is 0.333 e. The molecule has 6 nitrogen and oxygen atoms in total. The summed E-state index contributed by atoms with van der Waals surface area (Å²) >= 11 is 0. The lowest BCUT2D eigenvalue weighted by atomic mass is 9.32. The van der Waals surface area contributed by atoms with Crippen molar-refractivity contribution in [2.75, 3.05) is 6.61 Å². The van der Waals surface area contributed by atoms with Gasteiger partial charge in [0, 0.05) is 28.7 Å². The molecule has 4 saturated carbocycles. The van der Waals surface area contributed by atoms with Gasteiger partial charge in [0.1, 0.15) is 11.5 Å². The number of fused-ring (bicyclic) bond motifs is 7. The first-order valence-corrected chi connectivity index (χ1v) is 16.1. The van der Waals surface area contributed by atoms with Crippen molar-refractivity contribution in [3.8, 4) is 0 Å². The topological polar surface area (TPSA) is 93.1 Å².